The van der Waals surface area contributed by atoms with Crippen molar-refractivity contribution >= 4 is 5.71 Å². The Hall–Kier alpha value is -1.78. The average Bonchev–Trinajstić information content (AvgIpc) is 2.03. The lowest BCUT2D eigenvalue weighted by molar-refractivity contribution is -0.418. The van der Waals surface area contributed by atoms with Gasteiger partial charge >= 0.3 is 11.4 Å². The molecule has 1 atom stereocenters. The van der Waals surface area contributed by atoms with Gasteiger partial charge in [0.2, 0.25) is 0 Å². The number of allylic oxidation sites excluding steroid dienone is 2. The Morgan fingerprint density at radius 3 is 2.83 bits per heavy atom. The highest BCUT2D eigenvalue weighted by molar-refractivity contribution is 5.99. The van der Waals surface area contributed by atoms with E-state index < -0.39 is 16.7 Å². The molecule has 1 N–H and O–H groups in total. The first-order valence-corrected chi connectivity index (χ1v) is 3.10. The predicted molar refractivity (Wildman–Crippen MR) is 38.9 cm³/mol. The van der Waals surface area contributed by atoms with Crippen molar-refractivity contribution in [3.8, 4) is 0 Å². The molecular weight excluding hydrogens is 162 g/mol. The number of aliphatic hydroxyl groups is 1. The third kappa shape index (κ3) is 1.29. The minimum Gasteiger partial charge on any atom is -0.377 e. The van der Waals surface area contributed by atoms with Crippen LogP contribution >= 0.6 is 0 Å². The molecule has 1 aliphatic carbocycles. The molecule has 62 valence electrons. The van der Waals surface area contributed by atoms with Crippen LogP contribution in [-0.2, 0) is 0 Å². The summed E-state index contributed by atoms with van der Waals surface area (Å²) in [6.45, 7) is 0. The van der Waals surface area contributed by atoms with Crippen molar-refractivity contribution in [2.75, 3.05) is 0 Å². The lowest BCUT2D eigenvalue weighted by atomic mass is 10.1. The van der Waals surface area contributed by atoms with Crippen LogP contribution in [0.4, 0.5) is 0 Å². The quantitative estimate of drug-likeness (QED) is 0.252. The molecule has 0 aromatic carbocycles. The zero-order valence-corrected chi connectivity index (χ0v) is 5.91. The van der Waals surface area contributed by atoms with Crippen LogP contribution < -0.4 is 0 Å². The highest BCUT2D eigenvalue weighted by Crippen LogP contribution is 2.08. The molecule has 1 aliphatic rings. The molecule has 0 amide bonds. The number of rotatable bonds is 1. The lowest BCUT2D eigenvalue weighted by Gasteiger charge is -2.01. The molecule has 0 fully saturated rings. The molecule has 6 nitrogen and oxygen atoms in total. The molecule has 0 bridgehead atoms. The number of nitro groups is 1. The monoisotopic (exact) mass is 167 g/mol. The van der Waals surface area contributed by atoms with Crippen molar-refractivity contribution in [1.29, 1.82) is 0 Å². The molecule has 12 heavy (non-hydrogen) atoms. The van der Waals surface area contributed by atoms with Crippen molar-refractivity contribution in [1.82, 2.24) is 0 Å². The molecule has 0 aromatic rings. The van der Waals surface area contributed by atoms with E-state index in [1.54, 1.807) is 0 Å². The molecule has 0 saturated carbocycles. The summed E-state index contributed by atoms with van der Waals surface area (Å²) >= 11 is 0. The van der Waals surface area contributed by atoms with Gasteiger partial charge in [0, 0.05) is 6.08 Å². The van der Waals surface area contributed by atoms with E-state index in [0.717, 1.165) is 6.08 Å². The van der Waals surface area contributed by atoms with Gasteiger partial charge in [-0.15, -0.1) is 0 Å². The average molecular weight is 167 g/mol. The fourth-order valence-corrected chi connectivity index (χ4v) is 0.845. The normalized spacial score (nSPS) is 21.6. The zero-order chi connectivity index (χ0) is 9.14. The van der Waals surface area contributed by atoms with Crippen molar-refractivity contribution < 1.29 is 14.8 Å². The van der Waals surface area contributed by atoms with Crippen LogP contribution in [0.15, 0.2) is 23.9 Å². The highest BCUT2D eigenvalue weighted by atomic mass is 16.6. The number of hydrogen-bond acceptors (Lipinski definition) is 3. The Kier molecular flexibility index (Phi) is 2.14. The van der Waals surface area contributed by atoms with E-state index in [2.05, 4.69) is 4.79 Å². The predicted octanol–water partition coefficient (Wildman–Crippen LogP) is -0.252. The second kappa shape index (κ2) is 3.08. The molecule has 0 saturated heterocycles. The SMILES string of the molecule is [N-]=[N+]=C1C([N+](=O)[O-])=CC=CC1O. The second-order valence-electron chi connectivity index (χ2n) is 2.12. The number of hydrogen-bond donors (Lipinski definition) is 1. The van der Waals surface area contributed by atoms with E-state index in [0.29, 0.717) is 0 Å². The molecule has 1 unspecified atom stereocenters. The molecule has 0 aliphatic heterocycles. The van der Waals surface area contributed by atoms with Crippen molar-refractivity contribution in [3.05, 3.63) is 39.6 Å². The summed E-state index contributed by atoms with van der Waals surface area (Å²) in [6, 6.07) is 0. The van der Waals surface area contributed by atoms with E-state index >= 15 is 0 Å². The minimum absolute atomic E-state index is 0.345. The van der Waals surface area contributed by atoms with Gasteiger partial charge in [-0.05, 0) is 6.08 Å². The Bertz CT molecular complexity index is 325. The summed E-state index contributed by atoms with van der Waals surface area (Å²) in [7, 11) is 0. The van der Waals surface area contributed by atoms with Crippen molar-refractivity contribution in [2.45, 2.75) is 6.10 Å². The van der Waals surface area contributed by atoms with Crippen LogP contribution in [0.2, 0.25) is 0 Å². The van der Waals surface area contributed by atoms with Gasteiger partial charge < -0.3 is 10.6 Å². The maximum absolute atomic E-state index is 10.3. The summed E-state index contributed by atoms with van der Waals surface area (Å²) in [6.07, 6.45) is 2.56. The fourth-order valence-electron chi connectivity index (χ4n) is 0.845. The fraction of sp³-hybridized carbons (Fsp3) is 0.167. The summed E-state index contributed by atoms with van der Waals surface area (Å²) in [5.74, 6) is 0. The van der Waals surface area contributed by atoms with Crippen LogP contribution in [0.25, 0.3) is 5.53 Å². The highest BCUT2D eigenvalue weighted by Gasteiger charge is 2.34. The van der Waals surface area contributed by atoms with Gasteiger partial charge in [0.15, 0.2) is 6.10 Å². The van der Waals surface area contributed by atoms with Gasteiger partial charge in [-0.25, -0.2) is 0 Å². The van der Waals surface area contributed by atoms with E-state index in [9.17, 15) is 10.1 Å². The molecule has 0 spiro atoms. The largest absolute Gasteiger partial charge is 0.400 e. The zero-order valence-electron chi connectivity index (χ0n) is 5.91. The van der Waals surface area contributed by atoms with E-state index in [4.69, 9.17) is 10.6 Å². The van der Waals surface area contributed by atoms with Crippen LogP contribution in [0.3, 0.4) is 0 Å². The summed E-state index contributed by atoms with van der Waals surface area (Å²) < 4.78 is 0. The standard InChI is InChI=1S/C6H5N3O3/c7-8-6-4(9(11)12)2-1-3-5(6)10/h1-3,5,10H. The first kappa shape index (κ1) is 8.32. The molecule has 1 rings (SSSR count). The van der Waals surface area contributed by atoms with E-state index in [1.165, 1.54) is 12.2 Å². The maximum Gasteiger partial charge on any atom is 0.400 e. The Morgan fingerprint density at radius 2 is 2.42 bits per heavy atom. The second-order valence-corrected chi connectivity index (χ2v) is 2.12. The van der Waals surface area contributed by atoms with Crippen molar-refractivity contribution in [3.63, 3.8) is 0 Å². The number of nitrogens with zero attached hydrogens (tertiary/aromatic N) is 3. The molecule has 0 radical (unpaired) electrons. The molecule has 6 heteroatoms. The van der Waals surface area contributed by atoms with Gasteiger partial charge in [-0.3, -0.25) is 10.1 Å². The topological polar surface area (TPSA) is 99.8 Å². The maximum atomic E-state index is 10.3. The first-order chi connectivity index (χ1) is 5.66. The third-order valence-corrected chi connectivity index (χ3v) is 1.39. The summed E-state index contributed by atoms with van der Waals surface area (Å²) in [5, 5.41) is 19.3. The Morgan fingerprint density at radius 1 is 1.75 bits per heavy atom. The summed E-state index contributed by atoms with van der Waals surface area (Å²) in [4.78, 5) is 12.2. The smallest absolute Gasteiger partial charge is 0.377 e. The van der Waals surface area contributed by atoms with Crippen LogP contribution in [-0.4, -0.2) is 26.6 Å². The van der Waals surface area contributed by atoms with Gasteiger partial charge in [0.1, 0.15) is 0 Å². The summed E-state index contributed by atoms with van der Waals surface area (Å²) in [5.41, 5.74) is 7.59. The molecule has 0 aromatic heterocycles. The first-order valence-electron chi connectivity index (χ1n) is 3.10. The van der Waals surface area contributed by atoms with Crippen LogP contribution in [0, 0.1) is 10.1 Å². The van der Waals surface area contributed by atoms with Gasteiger partial charge in [0.25, 0.3) is 0 Å². The van der Waals surface area contributed by atoms with Gasteiger partial charge in [-0.2, -0.15) is 4.79 Å². The van der Waals surface area contributed by atoms with Crippen LogP contribution in [0.1, 0.15) is 0 Å². The molecular formula is C6H5N3O3. The molecule has 0 heterocycles. The van der Waals surface area contributed by atoms with Crippen molar-refractivity contribution in [2.24, 2.45) is 0 Å². The van der Waals surface area contributed by atoms with Crippen LogP contribution in [0.5, 0.6) is 0 Å². The number of aliphatic hydroxyl groups excluding tert-OH is 1. The third-order valence-electron chi connectivity index (χ3n) is 1.39. The Balaban J connectivity index is 3.14. The van der Waals surface area contributed by atoms with Gasteiger partial charge in [-0.1, -0.05) is 6.08 Å². The van der Waals surface area contributed by atoms with Gasteiger partial charge in [0.05, 0.1) is 4.92 Å². The lowest BCUT2D eigenvalue weighted by Crippen LogP contribution is -2.27. The Labute approximate surface area is 67.2 Å². The van der Waals surface area contributed by atoms with E-state index in [1.807, 2.05) is 0 Å². The minimum atomic E-state index is -1.21. The van der Waals surface area contributed by atoms with E-state index in [-0.39, 0.29) is 5.71 Å².